The standard InChI is InChI=1S/C24H28N2O7S/c1-16-8-10-18(34(30,31)26-12-6-4-5-7-13-26)15-20(16)22(27)25-21-14-17(23(28)32-2)9-11-19(21)24(29)33-3/h8-11,14-15H,4-7,12-13H2,1-3H3,(H,25,27). The topological polar surface area (TPSA) is 119 Å². The van der Waals surface area contributed by atoms with Gasteiger partial charge in [-0.15, -0.1) is 0 Å². The fraction of sp³-hybridized carbons (Fsp3) is 0.375. The smallest absolute Gasteiger partial charge is 0.339 e. The number of methoxy groups -OCH3 is 2. The maximum atomic E-state index is 13.2. The van der Waals surface area contributed by atoms with Crippen LogP contribution < -0.4 is 5.32 Å². The summed E-state index contributed by atoms with van der Waals surface area (Å²) in [6.07, 6.45) is 3.57. The van der Waals surface area contributed by atoms with Crippen molar-refractivity contribution in [3.63, 3.8) is 0 Å². The Bertz CT molecular complexity index is 1200. The molecule has 34 heavy (non-hydrogen) atoms. The number of carbonyl (C=O) groups is 3. The third-order valence-electron chi connectivity index (χ3n) is 5.75. The van der Waals surface area contributed by atoms with E-state index in [1.54, 1.807) is 13.0 Å². The molecule has 1 heterocycles. The van der Waals surface area contributed by atoms with Gasteiger partial charge in [-0.05, 0) is 55.7 Å². The Morgan fingerprint density at radius 1 is 0.853 bits per heavy atom. The van der Waals surface area contributed by atoms with Crippen LogP contribution in [0.1, 0.15) is 62.3 Å². The molecule has 1 aliphatic rings. The van der Waals surface area contributed by atoms with Crippen molar-refractivity contribution < 1.29 is 32.3 Å². The molecular formula is C24H28N2O7S. The number of nitrogens with zero attached hydrogens (tertiary/aromatic N) is 1. The SMILES string of the molecule is COC(=O)c1ccc(C(=O)OC)c(NC(=O)c2cc(S(=O)(=O)N3CCCCCC3)ccc2C)c1. The van der Waals surface area contributed by atoms with Crippen LogP contribution in [0.5, 0.6) is 0 Å². The number of esters is 2. The summed E-state index contributed by atoms with van der Waals surface area (Å²) >= 11 is 0. The van der Waals surface area contributed by atoms with Gasteiger partial charge in [-0.1, -0.05) is 18.9 Å². The van der Waals surface area contributed by atoms with Crippen molar-refractivity contribution in [2.75, 3.05) is 32.6 Å². The van der Waals surface area contributed by atoms with E-state index in [1.807, 2.05) is 0 Å². The van der Waals surface area contributed by atoms with Crippen LogP contribution in [-0.4, -0.2) is 57.9 Å². The molecule has 3 rings (SSSR count). The Labute approximate surface area is 199 Å². The van der Waals surface area contributed by atoms with Crippen molar-refractivity contribution in [3.8, 4) is 0 Å². The van der Waals surface area contributed by atoms with Crippen LogP contribution in [0.15, 0.2) is 41.3 Å². The summed E-state index contributed by atoms with van der Waals surface area (Å²) in [4.78, 5) is 37.3. The molecule has 1 amide bonds. The monoisotopic (exact) mass is 488 g/mol. The van der Waals surface area contributed by atoms with E-state index in [2.05, 4.69) is 5.32 Å². The maximum absolute atomic E-state index is 13.2. The molecule has 0 aliphatic carbocycles. The molecule has 9 nitrogen and oxygen atoms in total. The molecule has 182 valence electrons. The number of benzene rings is 2. The minimum Gasteiger partial charge on any atom is -0.465 e. The second-order valence-corrected chi connectivity index (χ2v) is 9.93. The third-order valence-corrected chi connectivity index (χ3v) is 7.65. The summed E-state index contributed by atoms with van der Waals surface area (Å²) in [5.41, 5.74) is 0.889. The highest BCUT2D eigenvalue weighted by Crippen LogP contribution is 2.25. The first kappa shape index (κ1) is 25.4. The third kappa shape index (κ3) is 5.45. The molecule has 0 atom stereocenters. The Morgan fingerprint density at radius 2 is 1.50 bits per heavy atom. The number of nitrogens with one attached hydrogen (secondary N) is 1. The van der Waals surface area contributed by atoms with E-state index in [4.69, 9.17) is 9.47 Å². The Hall–Kier alpha value is -3.24. The molecule has 0 bridgehead atoms. The number of hydrogen-bond donors (Lipinski definition) is 1. The van der Waals surface area contributed by atoms with Gasteiger partial charge in [-0.25, -0.2) is 18.0 Å². The fourth-order valence-corrected chi connectivity index (χ4v) is 5.35. The van der Waals surface area contributed by atoms with Crippen LogP contribution in [0.2, 0.25) is 0 Å². The van der Waals surface area contributed by atoms with Gasteiger partial charge in [0.2, 0.25) is 10.0 Å². The van der Waals surface area contributed by atoms with Gasteiger partial charge in [-0.3, -0.25) is 4.79 Å². The van der Waals surface area contributed by atoms with Gasteiger partial charge >= 0.3 is 11.9 Å². The zero-order chi connectivity index (χ0) is 24.9. The van der Waals surface area contributed by atoms with Gasteiger partial charge in [0.05, 0.1) is 35.9 Å². The van der Waals surface area contributed by atoms with Crippen molar-refractivity contribution in [3.05, 3.63) is 58.7 Å². The lowest BCUT2D eigenvalue weighted by molar-refractivity contribution is 0.0587. The van der Waals surface area contributed by atoms with Crippen molar-refractivity contribution in [1.82, 2.24) is 4.31 Å². The summed E-state index contributed by atoms with van der Waals surface area (Å²) in [6.45, 7) is 2.57. The lowest BCUT2D eigenvalue weighted by atomic mass is 10.1. The van der Waals surface area contributed by atoms with Crippen LogP contribution in [-0.2, 0) is 19.5 Å². The number of aryl methyl sites for hydroxylation is 1. The van der Waals surface area contributed by atoms with Gasteiger partial charge in [0.25, 0.3) is 5.91 Å². The van der Waals surface area contributed by atoms with E-state index in [0.717, 1.165) is 25.7 Å². The average molecular weight is 489 g/mol. The predicted octanol–water partition coefficient (Wildman–Crippen LogP) is 3.39. The molecule has 1 N–H and O–H groups in total. The molecular weight excluding hydrogens is 460 g/mol. The molecule has 1 fully saturated rings. The molecule has 0 radical (unpaired) electrons. The highest BCUT2D eigenvalue weighted by Gasteiger charge is 2.27. The summed E-state index contributed by atoms with van der Waals surface area (Å²) in [7, 11) is -1.35. The van der Waals surface area contributed by atoms with Gasteiger partial charge in [0.1, 0.15) is 0 Å². The molecule has 1 saturated heterocycles. The Kier molecular flexibility index (Phi) is 8.06. The van der Waals surface area contributed by atoms with E-state index < -0.39 is 27.9 Å². The van der Waals surface area contributed by atoms with Gasteiger partial charge in [0, 0.05) is 18.7 Å². The first-order valence-corrected chi connectivity index (χ1v) is 12.4. The van der Waals surface area contributed by atoms with Crippen LogP contribution in [0.25, 0.3) is 0 Å². The lowest BCUT2D eigenvalue weighted by Gasteiger charge is -2.20. The highest BCUT2D eigenvalue weighted by molar-refractivity contribution is 7.89. The first-order chi connectivity index (χ1) is 16.2. The highest BCUT2D eigenvalue weighted by atomic mass is 32.2. The summed E-state index contributed by atoms with van der Waals surface area (Å²) in [5.74, 6) is -1.98. The number of hydrogen-bond acceptors (Lipinski definition) is 7. The number of rotatable bonds is 6. The second-order valence-electron chi connectivity index (χ2n) is 7.99. The lowest BCUT2D eigenvalue weighted by Crippen LogP contribution is -2.32. The quantitative estimate of drug-likeness (QED) is 0.619. The number of sulfonamides is 1. The normalized spacial score (nSPS) is 14.7. The van der Waals surface area contributed by atoms with Crippen molar-refractivity contribution in [2.45, 2.75) is 37.5 Å². The molecule has 0 saturated carbocycles. The maximum Gasteiger partial charge on any atom is 0.339 e. The average Bonchev–Trinajstić information content (AvgIpc) is 3.13. The minimum absolute atomic E-state index is 0.0293. The molecule has 0 unspecified atom stereocenters. The largest absolute Gasteiger partial charge is 0.465 e. The molecule has 2 aromatic carbocycles. The number of anilines is 1. The van der Waals surface area contributed by atoms with E-state index in [1.165, 1.54) is 48.9 Å². The van der Waals surface area contributed by atoms with E-state index in [9.17, 15) is 22.8 Å². The minimum atomic E-state index is -3.76. The molecule has 2 aromatic rings. The summed E-state index contributed by atoms with van der Waals surface area (Å²) in [6, 6.07) is 8.44. The molecule has 0 spiro atoms. The predicted molar refractivity (Wildman–Crippen MR) is 125 cm³/mol. The number of ether oxygens (including phenoxy) is 2. The van der Waals surface area contributed by atoms with Crippen LogP contribution in [0.4, 0.5) is 5.69 Å². The van der Waals surface area contributed by atoms with Gasteiger partial charge in [-0.2, -0.15) is 4.31 Å². The Morgan fingerprint density at radius 3 is 2.12 bits per heavy atom. The van der Waals surface area contributed by atoms with E-state index >= 15 is 0 Å². The summed E-state index contributed by atoms with van der Waals surface area (Å²) in [5, 5.41) is 2.61. The van der Waals surface area contributed by atoms with Crippen LogP contribution in [0, 0.1) is 6.92 Å². The van der Waals surface area contributed by atoms with E-state index in [0.29, 0.717) is 18.7 Å². The Balaban J connectivity index is 1.96. The zero-order valence-corrected chi connectivity index (χ0v) is 20.2. The van der Waals surface area contributed by atoms with Crippen LogP contribution >= 0.6 is 0 Å². The van der Waals surface area contributed by atoms with Crippen molar-refractivity contribution in [1.29, 1.82) is 0 Å². The zero-order valence-electron chi connectivity index (χ0n) is 19.4. The second kappa shape index (κ2) is 10.8. The first-order valence-electron chi connectivity index (χ1n) is 10.9. The van der Waals surface area contributed by atoms with Gasteiger partial charge < -0.3 is 14.8 Å². The molecule has 0 aromatic heterocycles. The molecule has 1 aliphatic heterocycles. The van der Waals surface area contributed by atoms with Crippen molar-refractivity contribution in [2.24, 2.45) is 0 Å². The van der Waals surface area contributed by atoms with E-state index in [-0.39, 0.29) is 27.3 Å². The van der Waals surface area contributed by atoms with Crippen molar-refractivity contribution >= 4 is 33.6 Å². The van der Waals surface area contributed by atoms with Gasteiger partial charge in [0.15, 0.2) is 0 Å². The number of amides is 1. The molecule has 10 heteroatoms. The summed E-state index contributed by atoms with van der Waals surface area (Å²) < 4.78 is 37.3. The number of carbonyl (C=O) groups excluding carboxylic acids is 3. The van der Waals surface area contributed by atoms with Crippen LogP contribution in [0.3, 0.4) is 0 Å². The fourth-order valence-electron chi connectivity index (χ4n) is 3.81.